The van der Waals surface area contributed by atoms with Crippen molar-refractivity contribution in [2.45, 2.75) is 31.9 Å². The second-order valence-electron chi connectivity index (χ2n) is 5.86. The molecule has 1 fully saturated rings. The molecule has 1 N–H and O–H groups in total. The van der Waals surface area contributed by atoms with Crippen LogP contribution in [0.15, 0.2) is 30.3 Å². The summed E-state index contributed by atoms with van der Waals surface area (Å²) in [5.41, 5.74) is 0.168. The first-order valence-electron chi connectivity index (χ1n) is 6.67. The molecule has 4 nitrogen and oxygen atoms in total. The molecule has 2 rings (SSSR count). The third-order valence-electron chi connectivity index (χ3n) is 3.41. The van der Waals surface area contributed by atoms with E-state index in [9.17, 15) is 9.90 Å². The first-order valence-corrected chi connectivity index (χ1v) is 6.67. The van der Waals surface area contributed by atoms with Gasteiger partial charge in [0.15, 0.2) is 0 Å². The lowest BCUT2D eigenvalue weighted by molar-refractivity contribution is -0.122. The molecule has 0 saturated carbocycles. The fraction of sp³-hybridized carbons (Fsp3) is 0.533. The van der Waals surface area contributed by atoms with Crippen LogP contribution in [-0.2, 0) is 4.79 Å². The van der Waals surface area contributed by atoms with Gasteiger partial charge in [-0.15, -0.1) is 0 Å². The largest absolute Gasteiger partial charge is 0.389 e. The topological polar surface area (TPSA) is 43.8 Å². The lowest BCUT2D eigenvalue weighted by atomic mass is 10.1. The molecule has 1 aromatic rings. The Balaban J connectivity index is 2.06. The van der Waals surface area contributed by atoms with Crippen molar-refractivity contribution >= 4 is 11.6 Å². The van der Waals surface area contributed by atoms with E-state index in [4.69, 9.17) is 0 Å². The summed E-state index contributed by atoms with van der Waals surface area (Å²) in [6.07, 6.45) is 0.806. The Kier molecular flexibility index (Phi) is 3.92. The molecule has 1 heterocycles. The fourth-order valence-electron chi connectivity index (χ4n) is 2.66. The lowest BCUT2D eigenvalue weighted by Gasteiger charge is -2.29. The molecule has 0 spiro atoms. The summed E-state index contributed by atoms with van der Waals surface area (Å²) in [5, 5.41) is 9.85. The van der Waals surface area contributed by atoms with Gasteiger partial charge in [-0.1, -0.05) is 18.2 Å². The molecule has 19 heavy (non-hydrogen) atoms. The second-order valence-corrected chi connectivity index (χ2v) is 5.86. The summed E-state index contributed by atoms with van der Waals surface area (Å²) in [6.45, 7) is 4.76. The maximum Gasteiger partial charge on any atom is 0.244 e. The second kappa shape index (κ2) is 5.31. The highest BCUT2D eigenvalue weighted by Crippen LogP contribution is 2.24. The van der Waals surface area contributed by atoms with Crippen LogP contribution < -0.4 is 4.90 Å². The summed E-state index contributed by atoms with van der Waals surface area (Å²) in [7, 11) is 1.90. The third kappa shape index (κ3) is 3.33. The number of carbonyl (C=O) groups excluding carboxylic acids is 1. The van der Waals surface area contributed by atoms with Gasteiger partial charge in [0.2, 0.25) is 5.91 Å². The van der Waals surface area contributed by atoms with Crippen LogP contribution in [0, 0.1) is 0 Å². The van der Waals surface area contributed by atoms with Crippen LogP contribution in [0.3, 0.4) is 0 Å². The maximum atomic E-state index is 12.4. The smallest absolute Gasteiger partial charge is 0.244 e. The van der Waals surface area contributed by atoms with Gasteiger partial charge < -0.3 is 10.0 Å². The van der Waals surface area contributed by atoms with Crippen molar-refractivity contribution < 1.29 is 9.90 Å². The number of aliphatic hydroxyl groups is 1. The quantitative estimate of drug-likeness (QED) is 0.894. The first kappa shape index (κ1) is 14.0. The summed E-state index contributed by atoms with van der Waals surface area (Å²) < 4.78 is 0. The van der Waals surface area contributed by atoms with Gasteiger partial charge in [-0.25, -0.2) is 0 Å². The van der Waals surface area contributed by atoms with Gasteiger partial charge >= 0.3 is 0 Å². The van der Waals surface area contributed by atoms with Crippen molar-refractivity contribution in [2.75, 3.05) is 25.0 Å². The van der Waals surface area contributed by atoms with Gasteiger partial charge in [0.25, 0.3) is 0 Å². The van der Waals surface area contributed by atoms with Crippen molar-refractivity contribution in [3.8, 4) is 0 Å². The minimum atomic E-state index is -0.783. The molecule has 0 aromatic heterocycles. The number of carbonyl (C=O) groups is 1. The first-order chi connectivity index (χ1) is 8.88. The van der Waals surface area contributed by atoms with Gasteiger partial charge in [-0.2, -0.15) is 0 Å². The van der Waals surface area contributed by atoms with E-state index in [1.807, 2.05) is 47.2 Å². The standard InChI is InChI=1S/C15H22N2O2/c1-15(2,19)11-16(3)13-9-10-17(14(13)18)12-7-5-4-6-8-12/h4-8,13,19H,9-11H2,1-3H3. The van der Waals surface area contributed by atoms with Gasteiger partial charge in [-0.05, 0) is 39.4 Å². The van der Waals surface area contributed by atoms with Crippen LogP contribution in [0.2, 0.25) is 0 Å². The summed E-state index contributed by atoms with van der Waals surface area (Å²) in [6, 6.07) is 9.60. The van der Waals surface area contributed by atoms with Crippen LogP contribution in [0.1, 0.15) is 20.3 Å². The van der Waals surface area contributed by atoms with E-state index < -0.39 is 5.60 Å². The van der Waals surface area contributed by atoms with E-state index in [1.165, 1.54) is 0 Å². The molecule has 1 aliphatic rings. The molecular weight excluding hydrogens is 240 g/mol. The Morgan fingerprint density at radius 3 is 2.58 bits per heavy atom. The number of hydrogen-bond acceptors (Lipinski definition) is 3. The van der Waals surface area contributed by atoms with Crippen molar-refractivity contribution in [1.82, 2.24) is 4.90 Å². The zero-order valence-electron chi connectivity index (χ0n) is 11.8. The molecule has 1 aliphatic heterocycles. The Morgan fingerprint density at radius 1 is 1.37 bits per heavy atom. The molecule has 1 unspecified atom stereocenters. The minimum Gasteiger partial charge on any atom is -0.389 e. The predicted octanol–water partition coefficient (Wildman–Crippen LogP) is 1.49. The number of likely N-dealkylation sites (N-methyl/N-ethyl adjacent to an activating group) is 1. The predicted molar refractivity (Wildman–Crippen MR) is 76.1 cm³/mol. The van der Waals surface area contributed by atoms with Crippen LogP contribution >= 0.6 is 0 Å². The summed E-state index contributed by atoms with van der Waals surface area (Å²) in [4.78, 5) is 16.2. The summed E-state index contributed by atoms with van der Waals surface area (Å²) in [5.74, 6) is 0.123. The fourth-order valence-corrected chi connectivity index (χ4v) is 2.66. The average Bonchev–Trinajstić information content (AvgIpc) is 2.70. The molecule has 0 aliphatic carbocycles. The number of nitrogens with zero attached hydrogens (tertiary/aromatic N) is 2. The number of hydrogen-bond donors (Lipinski definition) is 1. The zero-order valence-corrected chi connectivity index (χ0v) is 11.8. The number of amides is 1. The molecule has 0 bridgehead atoms. The maximum absolute atomic E-state index is 12.4. The molecule has 1 aromatic carbocycles. The van der Waals surface area contributed by atoms with Crippen LogP contribution in [0.25, 0.3) is 0 Å². The number of benzene rings is 1. The van der Waals surface area contributed by atoms with Gasteiger partial charge in [0, 0.05) is 18.8 Å². The Bertz CT molecular complexity index is 439. The van der Waals surface area contributed by atoms with Crippen molar-refractivity contribution in [1.29, 1.82) is 0 Å². The highest BCUT2D eigenvalue weighted by Gasteiger charge is 2.36. The van der Waals surface area contributed by atoms with Gasteiger partial charge in [-0.3, -0.25) is 9.69 Å². The zero-order chi connectivity index (χ0) is 14.0. The average molecular weight is 262 g/mol. The molecular formula is C15H22N2O2. The van der Waals surface area contributed by atoms with Crippen molar-refractivity contribution in [2.24, 2.45) is 0 Å². The van der Waals surface area contributed by atoms with Crippen LogP contribution in [0.4, 0.5) is 5.69 Å². The normalized spacial score (nSPS) is 20.4. The minimum absolute atomic E-state index is 0.123. The molecule has 104 valence electrons. The Hall–Kier alpha value is -1.39. The third-order valence-corrected chi connectivity index (χ3v) is 3.41. The molecule has 4 heteroatoms. The Morgan fingerprint density at radius 2 is 2.00 bits per heavy atom. The summed E-state index contributed by atoms with van der Waals surface area (Å²) >= 11 is 0. The van der Waals surface area contributed by atoms with Crippen LogP contribution in [0.5, 0.6) is 0 Å². The van der Waals surface area contributed by atoms with Gasteiger partial charge in [0.1, 0.15) is 0 Å². The highest BCUT2D eigenvalue weighted by molar-refractivity contribution is 5.99. The number of anilines is 1. The molecule has 1 saturated heterocycles. The molecule has 0 radical (unpaired) electrons. The van der Waals surface area contributed by atoms with E-state index in [0.717, 1.165) is 18.7 Å². The van der Waals surface area contributed by atoms with E-state index in [-0.39, 0.29) is 11.9 Å². The molecule has 1 amide bonds. The van der Waals surface area contributed by atoms with Gasteiger partial charge in [0.05, 0.1) is 11.6 Å². The monoisotopic (exact) mass is 262 g/mol. The highest BCUT2D eigenvalue weighted by atomic mass is 16.3. The van der Waals surface area contributed by atoms with Crippen molar-refractivity contribution in [3.05, 3.63) is 30.3 Å². The number of rotatable bonds is 4. The van der Waals surface area contributed by atoms with E-state index in [2.05, 4.69) is 0 Å². The van der Waals surface area contributed by atoms with E-state index in [0.29, 0.717) is 6.54 Å². The Labute approximate surface area is 114 Å². The lowest BCUT2D eigenvalue weighted by Crippen LogP contribution is -2.45. The van der Waals surface area contributed by atoms with E-state index >= 15 is 0 Å². The van der Waals surface area contributed by atoms with Crippen LogP contribution in [-0.4, -0.2) is 47.7 Å². The van der Waals surface area contributed by atoms with Crippen molar-refractivity contribution in [3.63, 3.8) is 0 Å². The molecule has 1 atom stereocenters. The number of para-hydroxylation sites is 1. The van der Waals surface area contributed by atoms with E-state index in [1.54, 1.807) is 13.8 Å². The SMILES string of the molecule is CN(CC(C)(C)O)C1CCN(c2ccccc2)C1=O.